The number of nitro benzene ring substituents is 1. The van der Waals surface area contributed by atoms with Gasteiger partial charge in [0, 0.05) is 16.7 Å². The molecule has 0 radical (unpaired) electrons. The summed E-state index contributed by atoms with van der Waals surface area (Å²) in [5.41, 5.74) is 6.24. The van der Waals surface area contributed by atoms with E-state index in [4.69, 9.17) is 17.3 Å². The fourth-order valence-electron chi connectivity index (χ4n) is 1.55. The molecule has 2 aromatic carbocycles. The molecule has 2 N–H and O–H groups in total. The molecule has 0 fully saturated rings. The van der Waals surface area contributed by atoms with Crippen LogP contribution in [0.25, 0.3) is 0 Å². The molecule has 0 atom stereocenters. The average molecular weight is 313 g/mol. The normalized spacial score (nSPS) is 10.5. The van der Waals surface area contributed by atoms with E-state index in [1.807, 2.05) is 6.07 Å². The monoisotopic (exact) mass is 312 g/mol. The van der Waals surface area contributed by atoms with Crippen molar-refractivity contribution in [3.63, 3.8) is 0 Å². The van der Waals surface area contributed by atoms with Gasteiger partial charge >= 0.3 is 5.69 Å². The molecule has 20 heavy (non-hydrogen) atoms. The molecule has 0 aromatic heterocycles. The maximum Gasteiger partial charge on any atom is 0.304 e. The highest BCUT2D eigenvalue weighted by atomic mass is 35.5. The molecule has 0 saturated heterocycles. The fraction of sp³-hybridized carbons (Fsp3) is 0.0769. The lowest BCUT2D eigenvalue weighted by atomic mass is 10.2. The van der Waals surface area contributed by atoms with Crippen molar-refractivity contribution < 1.29 is 9.31 Å². The predicted octanol–water partition coefficient (Wildman–Crippen LogP) is 4.26. The molecule has 0 bridgehead atoms. The van der Waals surface area contributed by atoms with E-state index in [1.54, 1.807) is 12.1 Å². The van der Waals surface area contributed by atoms with Crippen LogP contribution in [0.1, 0.15) is 5.56 Å². The van der Waals surface area contributed by atoms with Crippen molar-refractivity contribution in [3.05, 3.63) is 62.9 Å². The van der Waals surface area contributed by atoms with Crippen LogP contribution in [-0.2, 0) is 5.75 Å². The first-order chi connectivity index (χ1) is 9.47. The molecule has 0 aliphatic heterocycles. The van der Waals surface area contributed by atoms with Gasteiger partial charge in [-0.2, -0.15) is 4.39 Å². The number of nitrogen functional groups attached to an aromatic ring is 1. The number of rotatable bonds is 4. The van der Waals surface area contributed by atoms with E-state index in [1.165, 1.54) is 30.0 Å². The van der Waals surface area contributed by atoms with Gasteiger partial charge in [-0.15, -0.1) is 11.8 Å². The topological polar surface area (TPSA) is 69.2 Å². The Morgan fingerprint density at radius 2 is 2.05 bits per heavy atom. The molecule has 104 valence electrons. The van der Waals surface area contributed by atoms with Crippen molar-refractivity contribution >= 4 is 34.7 Å². The number of nitro groups is 1. The number of thioether (sulfide) groups is 1. The second-order valence-corrected chi connectivity index (χ2v) is 5.47. The highest BCUT2D eigenvalue weighted by Gasteiger charge is 2.13. The third kappa shape index (κ3) is 3.40. The Labute approximate surface area is 123 Å². The molecule has 0 aliphatic carbocycles. The van der Waals surface area contributed by atoms with Crippen LogP contribution in [0.15, 0.2) is 41.3 Å². The highest BCUT2D eigenvalue weighted by molar-refractivity contribution is 7.98. The maximum absolute atomic E-state index is 13.5. The Morgan fingerprint density at radius 1 is 1.30 bits per heavy atom. The van der Waals surface area contributed by atoms with Crippen molar-refractivity contribution in [2.75, 3.05) is 5.73 Å². The number of halogens is 2. The van der Waals surface area contributed by atoms with E-state index < -0.39 is 16.4 Å². The van der Waals surface area contributed by atoms with Gasteiger partial charge in [-0.1, -0.05) is 17.7 Å². The van der Waals surface area contributed by atoms with Crippen LogP contribution < -0.4 is 5.73 Å². The van der Waals surface area contributed by atoms with E-state index in [-0.39, 0.29) is 0 Å². The van der Waals surface area contributed by atoms with Crippen molar-refractivity contribution in [2.45, 2.75) is 10.6 Å². The molecule has 0 heterocycles. The molecular weight excluding hydrogens is 303 g/mol. The van der Waals surface area contributed by atoms with Gasteiger partial charge in [0.15, 0.2) is 0 Å². The van der Waals surface area contributed by atoms with Gasteiger partial charge in [-0.25, -0.2) is 0 Å². The van der Waals surface area contributed by atoms with Gasteiger partial charge < -0.3 is 5.73 Å². The number of hydrogen-bond acceptors (Lipinski definition) is 4. The SMILES string of the molecule is Nc1ccc(SCc2ccc([N+](=O)[O-])c(F)c2)cc1Cl. The molecule has 0 aliphatic rings. The summed E-state index contributed by atoms with van der Waals surface area (Å²) in [7, 11) is 0. The summed E-state index contributed by atoms with van der Waals surface area (Å²) in [6, 6.07) is 9.11. The number of hydrogen-bond donors (Lipinski definition) is 1. The Morgan fingerprint density at radius 3 is 2.65 bits per heavy atom. The van der Waals surface area contributed by atoms with Gasteiger partial charge in [0.05, 0.1) is 15.6 Å². The molecule has 0 spiro atoms. The van der Waals surface area contributed by atoms with E-state index in [2.05, 4.69) is 0 Å². The quantitative estimate of drug-likeness (QED) is 0.396. The van der Waals surface area contributed by atoms with Crippen LogP contribution in [0.3, 0.4) is 0 Å². The summed E-state index contributed by atoms with van der Waals surface area (Å²) in [5.74, 6) is -0.349. The Kier molecular flexibility index (Phi) is 4.46. The smallest absolute Gasteiger partial charge is 0.304 e. The molecular formula is C13H10ClFN2O2S. The lowest BCUT2D eigenvalue weighted by Gasteiger charge is -2.04. The van der Waals surface area contributed by atoms with Crippen LogP contribution in [-0.4, -0.2) is 4.92 Å². The lowest BCUT2D eigenvalue weighted by Crippen LogP contribution is -1.93. The molecule has 7 heteroatoms. The van der Waals surface area contributed by atoms with Gasteiger partial charge in [0.25, 0.3) is 0 Å². The zero-order valence-corrected chi connectivity index (χ0v) is 11.7. The Hall–Kier alpha value is -1.79. The molecule has 0 unspecified atom stereocenters. The lowest BCUT2D eigenvalue weighted by molar-refractivity contribution is -0.387. The first-order valence-corrected chi connectivity index (χ1v) is 6.94. The first kappa shape index (κ1) is 14.6. The molecule has 2 aromatic rings. The van der Waals surface area contributed by atoms with E-state index in [0.717, 1.165) is 4.90 Å². The summed E-state index contributed by atoms with van der Waals surface area (Å²) in [6.45, 7) is 0. The van der Waals surface area contributed by atoms with E-state index >= 15 is 0 Å². The van der Waals surface area contributed by atoms with Crippen molar-refractivity contribution in [2.24, 2.45) is 0 Å². The zero-order chi connectivity index (χ0) is 14.7. The average Bonchev–Trinajstić information content (AvgIpc) is 2.40. The first-order valence-electron chi connectivity index (χ1n) is 5.58. The highest BCUT2D eigenvalue weighted by Crippen LogP contribution is 2.29. The van der Waals surface area contributed by atoms with Crippen molar-refractivity contribution in [3.8, 4) is 0 Å². The summed E-state index contributed by atoms with van der Waals surface area (Å²) < 4.78 is 13.5. The van der Waals surface area contributed by atoms with Crippen LogP contribution in [0.5, 0.6) is 0 Å². The fourth-order valence-corrected chi connectivity index (χ4v) is 2.68. The number of nitrogens with two attached hydrogens (primary N) is 1. The minimum absolute atomic E-state index is 0.463. The minimum Gasteiger partial charge on any atom is -0.398 e. The van der Waals surface area contributed by atoms with Crippen molar-refractivity contribution in [1.82, 2.24) is 0 Å². The summed E-state index contributed by atoms with van der Waals surface area (Å²) in [4.78, 5) is 10.7. The standard InChI is InChI=1S/C13H10ClFN2O2S/c14-10-6-9(2-3-12(10)16)20-7-8-1-4-13(17(18)19)11(15)5-8/h1-6H,7,16H2. The van der Waals surface area contributed by atoms with Gasteiger partial charge in [0.1, 0.15) is 0 Å². The largest absolute Gasteiger partial charge is 0.398 e. The molecule has 0 saturated carbocycles. The van der Waals surface area contributed by atoms with Crippen LogP contribution in [0.2, 0.25) is 5.02 Å². The van der Waals surface area contributed by atoms with Crippen LogP contribution >= 0.6 is 23.4 Å². The maximum atomic E-state index is 13.5. The molecule has 0 amide bonds. The predicted molar refractivity (Wildman–Crippen MR) is 78.5 cm³/mol. The zero-order valence-electron chi connectivity index (χ0n) is 10.2. The Bertz CT molecular complexity index is 667. The number of anilines is 1. The van der Waals surface area contributed by atoms with Gasteiger partial charge in [0.2, 0.25) is 5.82 Å². The third-order valence-electron chi connectivity index (χ3n) is 2.59. The summed E-state index contributed by atoms with van der Waals surface area (Å²) in [5, 5.41) is 11.0. The van der Waals surface area contributed by atoms with Gasteiger partial charge in [-0.05, 0) is 29.8 Å². The molecule has 4 nitrogen and oxygen atoms in total. The second kappa shape index (κ2) is 6.11. The second-order valence-electron chi connectivity index (χ2n) is 4.01. The third-order valence-corrected chi connectivity index (χ3v) is 3.98. The summed E-state index contributed by atoms with van der Waals surface area (Å²) >= 11 is 7.35. The molecule has 2 rings (SSSR count). The number of benzene rings is 2. The number of nitrogens with zero attached hydrogens (tertiary/aromatic N) is 1. The Balaban J connectivity index is 2.09. The van der Waals surface area contributed by atoms with E-state index in [9.17, 15) is 14.5 Å². The van der Waals surface area contributed by atoms with Crippen molar-refractivity contribution in [1.29, 1.82) is 0 Å². The minimum atomic E-state index is -0.830. The van der Waals surface area contributed by atoms with E-state index in [0.29, 0.717) is 22.0 Å². The summed E-state index contributed by atoms with van der Waals surface area (Å²) in [6.07, 6.45) is 0. The van der Waals surface area contributed by atoms with Gasteiger partial charge in [-0.3, -0.25) is 10.1 Å². The van der Waals surface area contributed by atoms with Crippen LogP contribution in [0, 0.1) is 15.9 Å². The van der Waals surface area contributed by atoms with Crippen LogP contribution in [0.4, 0.5) is 15.8 Å².